The van der Waals surface area contributed by atoms with E-state index in [0.29, 0.717) is 47.2 Å². The van der Waals surface area contributed by atoms with E-state index in [2.05, 4.69) is 68.2 Å². The van der Waals surface area contributed by atoms with Crippen molar-refractivity contribution >= 4 is 58.7 Å². The zero-order valence-electron chi connectivity index (χ0n) is 33.3. The van der Waals surface area contributed by atoms with Gasteiger partial charge in [0.05, 0.1) is 0 Å². The van der Waals surface area contributed by atoms with Crippen molar-refractivity contribution in [2.24, 2.45) is 0 Å². The van der Waals surface area contributed by atoms with Crippen LogP contribution in [0.4, 0.5) is 35.2 Å². The van der Waals surface area contributed by atoms with Crippen LogP contribution in [0, 0.1) is 0 Å². The first-order chi connectivity index (χ1) is 26.6. The van der Waals surface area contributed by atoms with Crippen LogP contribution in [0.1, 0.15) is 142 Å². The molecule has 0 bridgehead atoms. The SMILES string of the molecule is C=CCNc1nc(Nc2ccc(Nc3nc(NCC=C)nc(SCCCCCCCCCCCC)n3)cc2)nc(SCCCCCCCCCCCC)n1. The fourth-order valence-corrected chi connectivity index (χ4v) is 7.51. The maximum absolute atomic E-state index is 4.72. The van der Waals surface area contributed by atoms with Gasteiger partial charge in [0.15, 0.2) is 10.3 Å². The monoisotopic (exact) mass is 777 g/mol. The summed E-state index contributed by atoms with van der Waals surface area (Å²) in [7, 11) is 0. The molecule has 2 aromatic heterocycles. The predicted molar refractivity (Wildman–Crippen MR) is 235 cm³/mol. The third-order valence-electron chi connectivity index (χ3n) is 8.89. The zero-order chi connectivity index (χ0) is 38.3. The van der Waals surface area contributed by atoms with Gasteiger partial charge in [-0.05, 0) is 37.1 Å². The van der Waals surface area contributed by atoms with E-state index in [4.69, 9.17) is 9.97 Å². The van der Waals surface area contributed by atoms with E-state index in [9.17, 15) is 0 Å². The van der Waals surface area contributed by atoms with E-state index in [1.54, 1.807) is 35.7 Å². The van der Waals surface area contributed by atoms with Crippen LogP contribution in [0.5, 0.6) is 0 Å². The van der Waals surface area contributed by atoms with Crippen molar-refractivity contribution in [3.63, 3.8) is 0 Å². The summed E-state index contributed by atoms with van der Waals surface area (Å²) >= 11 is 3.37. The summed E-state index contributed by atoms with van der Waals surface area (Å²) in [6.45, 7) is 13.3. The van der Waals surface area contributed by atoms with Crippen LogP contribution in [-0.2, 0) is 0 Å². The molecule has 0 spiro atoms. The van der Waals surface area contributed by atoms with E-state index in [0.717, 1.165) is 35.7 Å². The van der Waals surface area contributed by atoms with Crippen LogP contribution in [0.25, 0.3) is 0 Å². The molecule has 298 valence electrons. The van der Waals surface area contributed by atoms with Crippen molar-refractivity contribution in [2.75, 3.05) is 45.9 Å². The van der Waals surface area contributed by atoms with E-state index in [1.807, 2.05) is 24.3 Å². The van der Waals surface area contributed by atoms with Crippen LogP contribution in [-0.4, -0.2) is 54.5 Å². The fraction of sp³-hybridized carbons (Fsp3) is 0.619. The summed E-state index contributed by atoms with van der Waals surface area (Å²) in [5.41, 5.74) is 1.73. The van der Waals surface area contributed by atoms with Crippen molar-refractivity contribution in [2.45, 2.75) is 153 Å². The summed E-state index contributed by atoms with van der Waals surface area (Å²) < 4.78 is 0. The summed E-state index contributed by atoms with van der Waals surface area (Å²) in [6.07, 6.45) is 30.1. The van der Waals surface area contributed by atoms with Crippen LogP contribution in [0.3, 0.4) is 0 Å². The number of rotatable bonds is 34. The van der Waals surface area contributed by atoms with Gasteiger partial charge in [-0.1, -0.05) is 165 Å². The molecule has 0 atom stereocenters. The van der Waals surface area contributed by atoms with Crippen molar-refractivity contribution < 1.29 is 0 Å². The first-order valence-electron chi connectivity index (χ1n) is 20.7. The van der Waals surface area contributed by atoms with Crippen molar-refractivity contribution in [1.82, 2.24) is 29.9 Å². The lowest BCUT2D eigenvalue weighted by molar-refractivity contribution is 0.563. The van der Waals surface area contributed by atoms with Gasteiger partial charge in [0.2, 0.25) is 23.8 Å². The number of anilines is 6. The zero-order valence-corrected chi connectivity index (χ0v) is 35.0. The normalized spacial score (nSPS) is 11.0. The Morgan fingerprint density at radius 2 is 0.759 bits per heavy atom. The summed E-state index contributed by atoms with van der Waals surface area (Å²) in [5.74, 6) is 4.05. The highest BCUT2D eigenvalue weighted by atomic mass is 32.2. The van der Waals surface area contributed by atoms with Crippen LogP contribution in [0.2, 0.25) is 0 Å². The highest BCUT2D eigenvalue weighted by Gasteiger charge is 2.10. The molecule has 12 heteroatoms. The Balaban J connectivity index is 1.49. The maximum Gasteiger partial charge on any atom is 0.233 e. The summed E-state index contributed by atoms with van der Waals surface area (Å²) in [5, 5.41) is 14.6. The third-order valence-corrected chi connectivity index (χ3v) is 10.8. The number of benzene rings is 1. The third kappa shape index (κ3) is 20.9. The van der Waals surface area contributed by atoms with Gasteiger partial charge in [0.25, 0.3) is 0 Å². The molecule has 54 heavy (non-hydrogen) atoms. The van der Waals surface area contributed by atoms with Crippen LogP contribution < -0.4 is 21.3 Å². The fourth-order valence-electron chi connectivity index (χ4n) is 5.84. The Kier molecular flexibility index (Phi) is 24.9. The molecule has 1 aromatic carbocycles. The van der Waals surface area contributed by atoms with Crippen LogP contribution >= 0.6 is 23.5 Å². The number of hydrogen-bond acceptors (Lipinski definition) is 12. The molecule has 3 aromatic rings. The Bertz CT molecular complexity index is 1320. The van der Waals surface area contributed by atoms with Gasteiger partial charge in [0.1, 0.15) is 0 Å². The molecule has 0 aliphatic carbocycles. The molecule has 0 saturated heterocycles. The molecule has 0 radical (unpaired) electrons. The first-order valence-corrected chi connectivity index (χ1v) is 22.7. The molecule has 10 nitrogen and oxygen atoms in total. The molecular weight excluding hydrogens is 709 g/mol. The van der Waals surface area contributed by atoms with Gasteiger partial charge in [0, 0.05) is 36.0 Å². The Morgan fingerprint density at radius 3 is 1.09 bits per heavy atom. The second kappa shape index (κ2) is 29.9. The first kappa shape index (κ1) is 45.0. The molecule has 0 aliphatic rings. The van der Waals surface area contributed by atoms with Crippen molar-refractivity contribution in [3.8, 4) is 0 Å². The Labute approximate surface area is 335 Å². The second-order valence-corrected chi connectivity index (χ2v) is 15.9. The van der Waals surface area contributed by atoms with Crippen molar-refractivity contribution in [3.05, 3.63) is 49.6 Å². The van der Waals surface area contributed by atoms with Crippen LogP contribution in [0.15, 0.2) is 59.9 Å². The Hall–Kier alpha value is -3.38. The molecule has 0 aliphatic heterocycles. The topological polar surface area (TPSA) is 125 Å². The molecule has 0 unspecified atom stereocenters. The molecule has 2 heterocycles. The quantitative estimate of drug-likeness (QED) is 0.0262. The van der Waals surface area contributed by atoms with Gasteiger partial charge in [-0.2, -0.15) is 29.9 Å². The minimum atomic E-state index is 0.502. The molecule has 0 saturated carbocycles. The minimum absolute atomic E-state index is 0.502. The van der Waals surface area contributed by atoms with Gasteiger partial charge in [-0.25, -0.2) is 0 Å². The lowest BCUT2D eigenvalue weighted by atomic mass is 10.1. The average Bonchev–Trinajstić information content (AvgIpc) is 3.18. The number of aromatic nitrogens is 6. The van der Waals surface area contributed by atoms with E-state index >= 15 is 0 Å². The standard InChI is InChI=1S/C42H68N10S2/c1-5-9-11-13-15-17-19-21-23-25-33-53-41-49-37(43-31-7-3)47-39(51-41)45-35-27-29-36(30-28-35)46-40-48-38(44-32-8-4)50-42(52-40)54-34-26-24-22-20-18-16-14-12-10-6-2/h7-8,27-30H,3-6,9-26,31-34H2,1-2H3,(H2,43,45,47,49,51)(H2,44,46,48,50,52). The van der Waals surface area contributed by atoms with E-state index in [-0.39, 0.29) is 0 Å². The largest absolute Gasteiger partial charge is 0.351 e. The number of hydrogen-bond donors (Lipinski definition) is 4. The minimum Gasteiger partial charge on any atom is -0.351 e. The molecule has 3 rings (SSSR count). The maximum atomic E-state index is 4.72. The number of thioether (sulfide) groups is 2. The van der Waals surface area contributed by atoms with Gasteiger partial charge >= 0.3 is 0 Å². The molecule has 0 fully saturated rings. The van der Waals surface area contributed by atoms with E-state index < -0.39 is 0 Å². The number of nitrogens with zero attached hydrogens (tertiary/aromatic N) is 6. The molecule has 0 amide bonds. The van der Waals surface area contributed by atoms with Gasteiger partial charge in [-0.3, -0.25) is 0 Å². The highest BCUT2D eigenvalue weighted by molar-refractivity contribution is 7.99. The van der Waals surface area contributed by atoms with Gasteiger partial charge in [-0.15, -0.1) is 13.2 Å². The van der Waals surface area contributed by atoms with E-state index in [1.165, 1.54) is 116 Å². The average molecular weight is 777 g/mol. The van der Waals surface area contributed by atoms with Gasteiger partial charge < -0.3 is 21.3 Å². The summed E-state index contributed by atoms with van der Waals surface area (Å²) in [4.78, 5) is 27.9. The Morgan fingerprint density at radius 1 is 0.444 bits per heavy atom. The summed E-state index contributed by atoms with van der Waals surface area (Å²) in [6, 6.07) is 7.94. The predicted octanol–water partition coefficient (Wildman–Crippen LogP) is 12.8. The van der Waals surface area contributed by atoms with Crippen molar-refractivity contribution in [1.29, 1.82) is 0 Å². The second-order valence-electron chi connectivity index (χ2n) is 13.8. The number of nitrogens with one attached hydrogen (secondary N) is 4. The lowest BCUT2D eigenvalue weighted by Gasteiger charge is -2.11. The molecular formula is C42H68N10S2. The molecule has 4 N–H and O–H groups in total. The highest BCUT2D eigenvalue weighted by Crippen LogP contribution is 2.25. The smallest absolute Gasteiger partial charge is 0.233 e. The number of unbranched alkanes of at least 4 members (excludes halogenated alkanes) is 18. The lowest BCUT2D eigenvalue weighted by Crippen LogP contribution is -2.08.